The van der Waals surface area contributed by atoms with Gasteiger partial charge in [-0.15, -0.1) is 0 Å². The summed E-state index contributed by atoms with van der Waals surface area (Å²) in [6.07, 6.45) is 1.74. The molecule has 0 spiro atoms. The van der Waals surface area contributed by atoms with Crippen LogP contribution in [0.3, 0.4) is 0 Å². The van der Waals surface area contributed by atoms with Crippen LogP contribution in [0.5, 0.6) is 0 Å². The van der Waals surface area contributed by atoms with E-state index < -0.39 is 11.9 Å². The summed E-state index contributed by atoms with van der Waals surface area (Å²) in [6.45, 7) is 4.65. The number of carbonyl (C=O) groups excluding carboxylic acids is 2. The van der Waals surface area contributed by atoms with Gasteiger partial charge in [0.1, 0.15) is 0 Å². The molecule has 4 nitrogen and oxygen atoms in total. The van der Waals surface area contributed by atoms with E-state index in [1.807, 2.05) is 31.2 Å². The van der Waals surface area contributed by atoms with E-state index in [9.17, 15) is 9.59 Å². The van der Waals surface area contributed by atoms with Gasteiger partial charge < -0.3 is 9.47 Å². The molecular formula is C18H18O4. The van der Waals surface area contributed by atoms with E-state index in [0.717, 1.165) is 29.2 Å². The Morgan fingerprint density at radius 1 is 1.09 bits per heavy atom. The van der Waals surface area contributed by atoms with Crippen LogP contribution in [-0.4, -0.2) is 18.5 Å². The van der Waals surface area contributed by atoms with Crippen molar-refractivity contribution >= 4 is 22.7 Å². The summed E-state index contributed by atoms with van der Waals surface area (Å²) in [7, 11) is 0. The normalized spacial score (nSPS) is 15.0. The molecule has 2 aromatic carbocycles. The molecule has 0 aromatic heterocycles. The Labute approximate surface area is 129 Å². The Bertz CT molecular complexity index is 742. The van der Waals surface area contributed by atoms with Crippen LogP contribution >= 0.6 is 0 Å². The first-order valence-electron chi connectivity index (χ1n) is 7.61. The molecule has 0 amide bonds. The van der Waals surface area contributed by atoms with E-state index in [-0.39, 0.29) is 6.10 Å². The van der Waals surface area contributed by atoms with Crippen LogP contribution in [0.2, 0.25) is 0 Å². The molecule has 0 saturated carbocycles. The molecule has 22 heavy (non-hydrogen) atoms. The van der Waals surface area contributed by atoms with Gasteiger partial charge in [-0.3, -0.25) is 0 Å². The van der Waals surface area contributed by atoms with Crippen LogP contribution in [0, 0.1) is 0 Å². The summed E-state index contributed by atoms with van der Waals surface area (Å²) in [5.41, 5.74) is 1.67. The Hall–Kier alpha value is -2.20. The molecule has 2 aromatic rings. The van der Waals surface area contributed by atoms with Crippen molar-refractivity contribution < 1.29 is 19.1 Å². The van der Waals surface area contributed by atoms with Crippen LogP contribution in [0.15, 0.2) is 30.3 Å². The van der Waals surface area contributed by atoms with Crippen molar-refractivity contribution in [3.8, 4) is 0 Å². The van der Waals surface area contributed by atoms with Crippen LogP contribution in [0.25, 0.3) is 10.8 Å². The molecule has 1 heterocycles. The quantitative estimate of drug-likeness (QED) is 0.618. The van der Waals surface area contributed by atoms with Crippen LogP contribution in [-0.2, 0) is 9.47 Å². The van der Waals surface area contributed by atoms with Crippen molar-refractivity contribution in [2.24, 2.45) is 0 Å². The molecule has 114 valence electrons. The summed E-state index contributed by atoms with van der Waals surface area (Å²) >= 11 is 0. The summed E-state index contributed by atoms with van der Waals surface area (Å²) in [5.74, 6) is -1.13. The summed E-state index contributed by atoms with van der Waals surface area (Å²) in [5, 5.41) is 1.70. The van der Waals surface area contributed by atoms with E-state index in [0.29, 0.717) is 17.7 Å². The first kappa shape index (κ1) is 14.7. The zero-order chi connectivity index (χ0) is 15.7. The van der Waals surface area contributed by atoms with Crippen LogP contribution in [0.4, 0.5) is 0 Å². The van der Waals surface area contributed by atoms with Crippen LogP contribution < -0.4 is 0 Å². The van der Waals surface area contributed by atoms with Gasteiger partial charge in [-0.1, -0.05) is 37.6 Å². The zero-order valence-electron chi connectivity index (χ0n) is 12.7. The Kier molecular flexibility index (Phi) is 3.94. The lowest BCUT2D eigenvalue weighted by molar-refractivity contribution is 0.0444. The molecule has 0 saturated heterocycles. The highest BCUT2D eigenvalue weighted by molar-refractivity contribution is 6.21. The third-order valence-electron chi connectivity index (χ3n) is 3.95. The minimum atomic E-state index is -0.571. The molecule has 1 atom stereocenters. The van der Waals surface area contributed by atoms with E-state index in [4.69, 9.17) is 9.47 Å². The minimum Gasteiger partial charge on any atom is -0.386 e. The summed E-state index contributed by atoms with van der Waals surface area (Å²) in [6, 6.07) is 9.36. The molecule has 0 radical (unpaired) electrons. The number of cyclic esters (lactones) is 2. The van der Waals surface area contributed by atoms with Crippen molar-refractivity contribution in [3.05, 3.63) is 47.0 Å². The van der Waals surface area contributed by atoms with Gasteiger partial charge in [0.25, 0.3) is 0 Å². The number of hydrogen-bond donors (Lipinski definition) is 0. The average molecular weight is 298 g/mol. The zero-order valence-corrected chi connectivity index (χ0v) is 12.7. The van der Waals surface area contributed by atoms with Crippen molar-refractivity contribution in [2.45, 2.75) is 32.8 Å². The fourth-order valence-electron chi connectivity index (χ4n) is 3.03. The maximum atomic E-state index is 11.9. The van der Waals surface area contributed by atoms with Gasteiger partial charge in [-0.25, -0.2) is 9.59 Å². The lowest BCUT2D eigenvalue weighted by Crippen LogP contribution is -2.07. The molecule has 0 bridgehead atoms. The van der Waals surface area contributed by atoms with Gasteiger partial charge >= 0.3 is 11.9 Å². The largest absolute Gasteiger partial charge is 0.386 e. The van der Waals surface area contributed by atoms with E-state index in [1.54, 1.807) is 6.07 Å². The second-order valence-electron chi connectivity index (χ2n) is 5.34. The second kappa shape index (κ2) is 5.89. The van der Waals surface area contributed by atoms with Gasteiger partial charge in [0.05, 0.1) is 17.2 Å². The summed E-state index contributed by atoms with van der Waals surface area (Å²) < 4.78 is 10.6. The third-order valence-corrected chi connectivity index (χ3v) is 3.95. The number of hydrogen-bond acceptors (Lipinski definition) is 4. The smallest absolute Gasteiger partial charge is 0.347 e. The number of esters is 2. The number of fused-ring (bicyclic) bond motifs is 3. The van der Waals surface area contributed by atoms with Crippen molar-refractivity contribution in [2.75, 3.05) is 6.61 Å². The first-order valence-corrected chi connectivity index (χ1v) is 7.61. The maximum Gasteiger partial charge on any atom is 0.347 e. The highest BCUT2D eigenvalue weighted by Crippen LogP contribution is 2.36. The van der Waals surface area contributed by atoms with Crippen molar-refractivity contribution in [1.82, 2.24) is 0 Å². The van der Waals surface area contributed by atoms with E-state index in [1.165, 1.54) is 0 Å². The van der Waals surface area contributed by atoms with Crippen molar-refractivity contribution in [3.63, 3.8) is 0 Å². The van der Waals surface area contributed by atoms with E-state index >= 15 is 0 Å². The molecule has 0 fully saturated rings. The molecule has 3 rings (SSSR count). The SMILES string of the molecule is CCCC(OCC)c1cc2c(c3ccccc13)C(=O)OC2=O. The Morgan fingerprint density at radius 2 is 1.82 bits per heavy atom. The average Bonchev–Trinajstić information content (AvgIpc) is 2.81. The topological polar surface area (TPSA) is 52.6 Å². The number of ether oxygens (including phenoxy) is 2. The number of carbonyl (C=O) groups is 2. The lowest BCUT2D eigenvalue weighted by atomic mass is 9.91. The third kappa shape index (κ3) is 2.29. The highest BCUT2D eigenvalue weighted by Gasteiger charge is 2.33. The molecular weight excluding hydrogens is 280 g/mol. The standard InChI is InChI=1S/C18H18O4/c1-3-7-15(21-4-2)13-10-14-16(18(20)22-17(14)19)12-9-6-5-8-11(12)13/h5-6,8-10,15H,3-4,7H2,1-2H3. The maximum absolute atomic E-state index is 11.9. The molecule has 1 aliphatic rings. The van der Waals surface area contributed by atoms with Crippen LogP contribution in [0.1, 0.15) is 59.1 Å². The van der Waals surface area contributed by atoms with Gasteiger partial charge in [0.2, 0.25) is 0 Å². The Morgan fingerprint density at radius 3 is 2.50 bits per heavy atom. The van der Waals surface area contributed by atoms with Gasteiger partial charge in [0.15, 0.2) is 0 Å². The fourth-order valence-corrected chi connectivity index (χ4v) is 3.03. The van der Waals surface area contributed by atoms with Gasteiger partial charge in [0, 0.05) is 6.61 Å². The molecule has 4 heteroatoms. The fraction of sp³-hybridized carbons (Fsp3) is 0.333. The molecule has 1 aliphatic heterocycles. The predicted octanol–water partition coefficient (Wildman–Crippen LogP) is 4.03. The second-order valence-corrected chi connectivity index (χ2v) is 5.34. The molecule has 0 N–H and O–H groups in total. The molecule has 1 unspecified atom stereocenters. The van der Waals surface area contributed by atoms with E-state index in [2.05, 4.69) is 6.92 Å². The van der Waals surface area contributed by atoms with Crippen molar-refractivity contribution in [1.29, 1.82) is 0 Å². The molecule has 0 aliphatic carbocycles. The minimum absolute atomic E-state index is 0.0892. The first-order chi connectivity index (χ1) is 10.7. The van der Waals surface area contributed by atoms with Gasteiger partial charge in [-0.05, 0) is 35.7 Å². The summed E-state index contributed by atoms with van der Waals surface area (Å²) in [4.78, 5) is 23.9. The highest BCUT2D eigenvalue weighted by atomic mass is 16.6. The number of benzene rings is 2. The monoisotopic (exact) mass is 298 g/mol. The lowest BCUT2D eigenvalue weighted by Gasteiger charge is -2.19. The Balaban J connectivity index is 2.27. The predicted molar refractivity (Wildman–Crippen MR) is 83.0 cm³/mol. The van der Waals surface area contributed by atoms with Gasteiger partial charge in [-0.2, -0.15) is 0 Å². The number of rotatable bonds is 5.